The van der Waals surface area contributed by atoms with Gasteiger partial charge >= 0.3 is 0 Å². The molecule has 0 amide bonds. The number of hydrogen-bond acceptors (Lipinski definition) is 4. The Morgan fingerprint density at radius 2 is 1.63 bits per heavy atom. The van der Waals surface area contributed by atoms with Crippen LogP contribution < -0.4 is 9.47 Å². The Labute approximate surface area is 111 Å². The van der Waals surface area contributed by atoms with Crippen LogP contribution in [0.3, 0.4) is 0 Å². The number of oxime groups is 1. The van der Waals surface area contributed by atoms with Crippen molar-refractivity contribution in [3.05, 3.63) is 60.2 Å². The lowest BCUT2D eigenvalue weighted by Crippen LogP contribution is -2.12. The summed E-state index contributed by atoms with van der Waals surface area (Å²) >= 11 is 0. The first-order chi connectivity index (χ1) is 9.33. The van der Waals surface area contributed by atoms with E-state index in [0.29, 0.717) is 11.5 Å². The predicted molar refractivity (Wildman–Crippen MR) is 73.3 cm³/mol. The molecule has 19 heavy (non-hydrogen) atoms. The highest BCUT2D eigenvalue weighted by molar-refractivity contribution is 6.01. The highest BCUT2D eigenvalue weighted by Crippen LogP contribution is 2.17. The molecule has 0 aliphatic carbocycles. The van der Waals surface area contributed by atoms with Crippen molar-refractivity contribution in [1.29, 1.82) is 0 Å². The van der Waals surface area contributed by atoms with Gasteiger partial charge in [-0.3, -0.25) is 0 Å². The van der Waals surface area contributed by atoms with Gasteiger partial charge in [-0.05, 0) is 24.3 Å². The fourth-order valence-corrected chi connectivity index (χ4v) is 1.62. The average molecular weight is 257 g/mol. The minimum absolute atomic E-state index is 0.201. The molecule has 4 nitrogen and oxygen atoms in total. The summed E-state index contributed by atoms with van der Waals surface area (Å²) in [5, 5.41) is 12.3. The molecule has 2 aromatic rings. The highest BCUT2D eigenvalue weighted by Gasteiger charge is 2.05. The predicted octanol–water partition coefficient (Wildman–Crippen LogP) is 2.95. The van der Waals surface area contributed by atoms with E-state index in [2.05, 4.69) is 5.16 Å². The van der Waals surface area contributed by atoms with Crippen LogP contribution in [0.1, 0.15) is 5.56 Å². The Morgan fingerprint density at radius 3 is 2.21 bits per heavy atom. The second-order valence-electron chi connectivity index (χ2n) is 3.88. The zero-order valence-corrected chi connectivity index (χ0v) is 10.6. The molecule has 0 aromatic heterocycles. The number of nitrogens with zero attached hydrogens (tertiary/aromatic N) is 1. The van der Waals surface area contributed by atoms with Gasteiger partial charge in [0.2, 0.25) is 0 Å². The molecule has 2 aromatic carbocycles. The normalized spacial score (nSPS) is 11.1. The third kappa shape index (κ3) is 3.48. The van der Waals surface area contributed by atoms with Crippen LogP contribution in [0.2, 0.25) is 0 Å². The lowest BCUT2D eigenvalue weighted by Gasteiger charge is -2.08. The van der Waals surface area contributed by atoms with Crippen LogP contribution in [-0.4, -0.2) is 24.6 Å². The standard InChI is InChI=1S/C15H15NO3/c1-18-13-7-9-14(10-8-13)19-11-15(16-17)12-5-3-2-4-6-12/h2-10,17H,11H2,1H3/b16-15-. The molecular formula is C15H15NO3. The van der Waals surface area contributed by atoms with Gasteiger partial charge in [0.05, 0.1) is 7.11 Å². The maximum absolute atomic E-state index is 9.03. The van der Waals surface area contributed by atoms with Gasteiger partial charge in [-0.25, -0.2) is 0 Å². The molecule has 0 saturated carbocycles. The summed E-state index contributed by atoms with van der Waals surface area (Å²) in [4.78, 5) is 0. The Morgan fingerprint density at radius 1 is 1.00 bits per heavy atom. The van der Waals surface area contributed by atoms with Gasteiger partial charge in [0.25, 0.3) is 0 Å². The summed E-state index contributed by atoms with van der Waals surface area (Å²) in [6.07, 6.45) is 0. The Kier molecular flexibility index (Phi) is 4.39. The minimum atomic E-state index is 0.201. The first kappa shape index (κ1) is 13.0. The molecule has 1 N–H and O–H groups in total. The molecule has 4 heteroatoms. The highest BCUT2D eigenvalue weighted by atomic mass is 16.5. The number of benzene rings is 2. The first-order valence-electron chi connectivity index (χ1n) is 5.86. The van der Waals surface area contributed by atoms with Crippen LogP contribution in [0.4, 0.5) is 0 Å². The van der Waals surface area contributed by atoms with Crippen LogP contribution in [-0.2, 0) is 0 Å². The average Bonchev–Trinajstić information content (AvgIpc) is 2.49. The maximum Gasteiger partial charge on any atom is 0.134 e. The van der Waals surface area contributed by atoms with Gasteiger partial charge in [0.1, 0.15) is 23.8 Å². The van der Waals surface area contributed by atoms with Gasteiger partial charge in [-0.1, -0.05) is 35.5 Å². The molecule has 0 aliphatic heterocycles. The Balaban J connectivity index is 2.00. The van der Waals surface area contributed by atoms with Gasteiger partial charge < -0.3 is 14.7 Å². The van der Waals surface area contributed by atoms with E-state index >= 15 is 0 Å². The molecule has 0 aliphatic rings. The summed E-state index contributed by atoms with van der Waals surface area (Å²) in [5.41, 5.74) is 1.31. The lowest BCUT2D eigenvalue weighted by atomic mass is 10.1. The molecule has 0 radical (unpaired) electrons. The topological polar surface area (TPSA) is 51.0 Å². The molecule has 0 bridgehead atoms. The van der Waals surface area contributed by atoms with E-state index in [4.69, 9.17) is 14.7 Å². The molecule has 0 heterocycles. The number of rotatable bonds is 5. The molecular weight excluding hydrogens is 242 g/mol. The van der Waals surface area contributed by atoms with Gasteiger partial charge in [0, 0.05) is 5.56 Å². The molecule has 0 fully saturated rings. The van der Waals surface area contributed by atoms with Gasteiger partial charge in [-0.2, -0.15) is 0 Å². The van der Waals surface area contributed by atoms with E-state index in [1.165, 1.54) is 0 Å². The second kappa shape index (κ2) is 6.44. The third-order valence-electron chi connectivity index (χ3n) is 2.66. The smallest absolute Gasteiger partial charge is 0.134 e. The van der Waals surface area contributed by atoms with Crippen LogP contribution >= 0.6 is 0 Å². The van der Waals surface area contributed by atoms with Crippen molar-refractivity contribution in [3.63, 3.8) is 0 Å². The first-order valence-corrected chi connectivity index (χ1v) is 5.86. The third-order valence-corrected chi connectivity index (χ3v) is 2.66. The molecule has 98 valence electrons. The SMILES string of the molecule is COc1ccc(OC/C(=N/O)c2ccccc2)cc1. The van der Waals surface area contributed by atoms with Gasteiger partial charge in [-0.15, -0.1) is 0 Å². The molecule has 0 atom stereocenters. The number of ether oxygens (including phenoxy) is 2. The largest absolute Gasteiger partial charge is 0.497 e. The van der Waals surface area contributed by atoms with Crippen LogP contribution in [0.15, 0.2) is 59.8 Å². The van der Waals surface area contributed by atoms with Crippen LogP contribution in [0, 0.1) is 0 Å². The molecule has 2 rings (SSSR count). The van der Waals surface area contributed by atoms with Crippen molar-refractivity contribution < 1.29 is 14.7 Å². The number of hydrogen-bond donors (Lipinski definition) is 1. The summed E-state index contributed by atoms with van der Waals surface area (Å²) < 4.78 is 10.6. The maximum atomic E-state index is 9.03. The van der Waals surface area contributed by atoms with Crippen molar-refractivity contribution in [2.24, 2.45) is 5.16 Å². The monoisotopic (exact) mass is 257 g/mol. The summed E-state index contributed by atoms with van der Waals surface area (Å²) in [6.45, 7) is 0.201. The van der Waals surface area contributed by atoms with E-state index in [9.17, 15) is 0 Å². The fraction of sp³-hybridized carbons (Fsp3) is 0.133. The van der Waals surface area contributed by atoms with E-state index < -0.39 is 0 Å². The van der Waals surface area contributed by atoms with Crippen molar-refractivity contribution in [1.82, 2.24) is 0 Å². The molecule has 0 unspecified atom stereocenters. The van der Waals surface area contributed by atoms with E-state index in [1.807, 2.05) is 42.5 Å². The summed E-state index contributed by atoms with van der Waals surface area (Å²) in [6, 6.07) is 16.6. The zero-order valence-electron chi connectivity index (χ0n) is 10.6. The fourth-order valence-electron chi connectivity index (χ4n) is 1.62. The Hall–Kier alpha value is -2.49. The molecule has 0 saturated heterocycles. The van der Waals surface area contributed by atoms with Gasteiger partial charge in [0.15, 0.2) is 0 Å². The quantitative estimate of drug-likeness (QED) is 0.509. The van der Waals surface area contributed by atoms with E-state index in [-0.39, 0.29) is 6.61 Å². The summed E-state index contributed by atoms with van der Waals surface area (Å²) in [7, 11) is 1.61. The van der Waals surface area contributed by atoms with Crippen molar-refractivity contribution in [3.8, 4) is 11.5 Å². The van der Waals surface area contributed by atoms with E-state index in [1.54, 1.807) is 19.2 Å². The second-order valence-corrected chi connectivity index (χ2v) is 3.88. The zero-order chi connectivity index (χ0) is 13.5. The van der Waals surface area contributed by atoms with Crippen LogP contribution in [0.25, 0.3) is 0 Å². The van der Waals surface area contributed by atoms with Crippen molar-refractivity contribution >= 4 is 5.71 Å². The lowest BCUT2D eigenvalue weighted by molar-refractivity contribution is 0.308. The molecule has 0 spiro atoms. The summed E-state index contributed by atoms with van der Waals surface area (Å²) in [5.74, 6) is 1.46. The van der Waals surface area contributed by atoms with Crippen LogP contribution in [0.5, 0.6) is 11.5 Å². The van der Waals surface area contributed by atoms with Crippen molar-refractivity contribution in [2.45, 2.75) is 0 Å². The van der Waals surface area contributed by atoms with Crippen molar-refractivity contribution in [2.75, 3.05) is 13.7 Å². The minimum Gasteiger partial charge on any atom is -0.497 e. The number of methoxy groups -OCH3 is 1. The van der Waals surface area contributed by atoms with E-state index in [0.717, 1.165) is 11.3 Å². The Bertz CT molecular complexity index is 535.